The van der Waals surface area contributed by atoms with Gasteiger partial charge in [-0.1, -0.05) is 12.1 Å². The van der Waals surface area contributed by atoms with Crippen LogP contribution in [0.15, 0.2) is 30.5 Å². The molecule has 5 heteroatoms. The van der Waals surface area contributed by atoms with Gasteiger partial charge in [0, 0.05) is 12.6 Å². The lowest BCUT2D eigenvalue weighted by Crippen LogP contribution is -2.00. The van der Waals surface area contributed by atoms with Crippen LogP contribution in [0.3, 0.4) is 0 Å². The molecule has 0 aliphatic heterocycles. The molecule has 0 fully saturated rings. The minimum atomic E-state index is 0.423. The van der Waals surface area contributed by atoms with Gasteiger partial charge in [-0.05, 0) is 19.1 Å². The summed E-state index contributed by atoms with van der Waals surface area (Å²) in [5.41, 5.74) is 1.28. The van der Waals surface area contributed by atoms with Gasteiger partial charge in [-0.15, -0.1) is 0 Å². The topological polar surface area (TPSA) is 70.8 Å². The zero-order chi connectivity index (χ0) is 13.7. The van der Waals surface area contributed by atoms with Crippen molar-refractivity contribution in [3.05, 3.63) is 36.0 Å². The molecule has 0 spiro atoms. The van der Waals surface area contributed by atoms with Crippen molar-refractivity contribution < 1.29 is 4.74 Å². The number of nitrogens with zero attached hydrogens (tertiary/aromatic N) is 3. The van der Waals surface area contributed by atoms with Crippen LogP contribution in [0, 0.1) is 11.3 Å². The second-order valence-corrected chi connectivity index (χ2v) is 3.78. The number of nitrogens with one attached hydrogen (secondary N) is 1. The largest absolute Gasteiger partial charge is 0.494 e. The number of anilines is 1. The Bertz CT molecular complexity index is 619. The van der Waals surface area contributed by atoms with Crippen molar-refractivity contribution in [3.63, 3.8) is 0 Å². The third kappa shape index (κ3) is 2.80. The van der Waals surface area contributed by atoms with Crippen LogP contribution in [-0.4, -0.2) is 23.6 Å². The molecule has 19 heavy (non-hydrogen) atoms. The highest BCUT2D eigenvalue weighted by Crippen LogP contribution is 2.22. The lowest BCUT2D eigenvalue weighted by atomic mass is 10.2. The lowest BCUT2D eigenvalue weighted by molar-refractivity contribution is 0.340. The van der Waals surface area contributed by atoms with Crippen molar-refractivity contribution in [2.45, 2.75) is 6.92 Å². The fourth-order valence-electron chi connectivity index (χ4n) is 1.68. The second kappa shape index (κ2) is 5.83. The van der Waals surface area contributed by atoms with E-state index in [0.717, 1.165) is 11.3 Å². The Labute approximate surface area is 111 Å². The molecule has 1 heterocycles. The number of aromatic nitrogens is 2. The molecular weight excluding hydrogens is 240 g/mol. The molecule has 0 aliphatic rings. The van der Waals surface area contributed by atoms with Crippen molar-refractivity contribution in [1.82, 2.24) is 9.97 Å². The zero-order valence-corrected chi connectivity index (χ0v) is 10.8. The summed E-state index contributed by atoms with van der Waals surface area (Å²) in [6.45, 7) is 2.55. The predicted octanol–water partition coefficient (Wildman–Crippen LogP) is 2.46. The summed E-state index contributed by atoms with van der Waals surface area (Å²) in [5, 5.41) is 11.8. The zero-order valence-electron chi connectivity index (χ0n) is 10.8. The number of hydrogen-bond acceptors (Lipinski definition) is 5. The first-order chi connectivity index (χ1) is 9.28. The highest BCUT2D eigenvalue weighted by Gasteiger charge is 2.08. The van der Waals surface area contributed by atoms with Crippen LogP contribution in [0.2, 0.25) is 0 Å². The molecule has 0 unspecified atom stereocenters. The SMILES string of the molecule is CCOc1cccc(-c2ncc(C#N)c(NC)n2)c1. The summed E-state index contributed by atoms with van der Waals surface area (Å²) in [4.78, 5) is 8.53. The Morgan fingerprint density at radius 1 is 1.42 bits per heavy atom. The van der Waals surface area contributed by atoms with Gasteiger partial charge < -0.3 is 10.1 Å². The van der Waals surface area contributed by atoms with Crippen LogP contribution in [0.1, 0.15) is 12.5 Å². The molecule has 0 aliphatic carbocycles. The van der Waals surface area contributed by atoms with Crippen molar-refractivity contribution in [1.29, 1.82) is 5.26 Å². The molecule has 0 atom stereocenters. The summed E-state index contributed by atoms with van der Waals surface area (Å²) in [7, 11) is 1.73. The van der Waals surface area contributed by atoms with Crippen LogP contribution in [-0.2, 0) is 0 Å². The van der Waals surface area contributed by atoms with Gasteiger partial charge in [0.05, 0.1) is 12.8 Å². The molecule has 5 nitrogen and oxygen atoms in total. The summed E-state index contributed by atoms with van der Waals surface area (Å²) in [5.74, 6) is 1.86. The first-order valence-corrected chi connectivity index (χ1v) is 5.96. The molecule has 1 N–H and O–H groups in total. The van der Waals surface area contributed by atoms with Crippen LogP contribution < -0.4 is 10.1 Å². The van der Waals surface area contributed by atoms with Crippen molar-refractivity contribution in [3.8, 4) is 23.2 Å². The Balaban J connectivity index is 2.42. The number of rotatable bonds is 4. The Hall–Kier alpha value is -2.61. The summed E-state index contributed by atoms with van der Waals surface area (Å²) in [6.07, 6.45) is 1.52. The van der Waals surface area contributed by atoms with E-state index in [2.05, 4.69) is 15.3 Å². The van der Waals surface area contributed by atoms with Gasteiger partial charge in [-0.25, -0.2) is 9.97 Å². The molecule has 0 bridgehead atoms. The smallest absolute Gasteiger partial charge is 0.161 e. The summed E-state index contributed by atoms with van der Waals surface area (Å²) >= 11 is 0. The standard InChI is InChI=1S/C14H14N4O/c1-3-19-12-6-4-5-10(7-12)14-17-9-11(8-15)13(16-2)18-14/h4-7,9H,3H2,1-2H3,(H,16,17,18). The maximum atomic E-state index is 8.94. The van der Waals surface area contributed by atoms with E-state index in [1.807, 2.05) is 37.3 Å². The number of hydrogen-bond donors (Lipinski definition) is 1. The van der Waals surface area contributed by atoms with E-state index in [-0.39, 0.29) is 0 Å². The van der Waals surface area contributed by atoms with Crippen LogP contribution in [0.5, 0.6) is 5.75 Å². The molecule has 0 saturated carbocycles. The van der Waals surface area contributed by atoms with Gasteiger partial charge in [0.1, 0.15) is 23.2 Å². The average molecular weight is 254 g/mol. The molecule has 0 amide bonds. The fourth-order valence-corrected chi connectivity index (χ4v) is 1.68. The van der Waals surface area contributed by atoms with E-state index in [9.17, 15) is 0 Å². The maximum Gasteiger partial charge on any atom is 0.161 e. The van der Waals surface area contributed by atoms with E-state index >= 15 is 0 Å². The van der Waals surface area contributed by atoms with Crippen LogP contribution >= 0.6 is 0 Å². The molecule has 0 radical (unpaired) electrons. The number of nitriles is 1. The Morgan fingerprint density at radius 2 is 2.26 bits per heavy atom. The quantitative estimate of drug-likeness (QED) is 0.907. The van der Waals surface area contributed by atoms with E-state index in [1.165, 1.54) is 6.20 Å². The second-order valence-electron chi connectivity index (χ2n) is 3.78. The van der Waals surface area contributed by atoms with E-state index in [0.29, 0.717) is 23.8 Å². The van der Waals surface area contributed by atoms with Gasteiger partial charge in [-0.2, -0.15) is 5.26 Å². The molecule has 2 rings (SSSR count). The van der Waals surface area contributed by atoms with Gasteiger partial charge in [0.25, 0.3) is 0 Å². The highest BCUT2D eigenvalue weighted by molar-refractivity contribution is 5.61. The molecule has 1 aromatic heterocycles. The van der Waals surface area contributed by atoms with Crippen molar-refractivity contribution >= 4 is 5.82 Å². The summed E-state index contributed by atoms with van der Waals surface area (Å²) in [6, 6.07) is 9.60. The number of benzene rings is 1. The Kier molecular flexibility index (Phi) is 3.94. The molecule has 96 valence electrons. The highest BCUT2D eigenvalue weighted by atomic mass is 16.5. The minimum absolute atomic E-state index is 0.423. The first-order valence-electron chi connectivity index (χ1n) is 5.96. The van der Waals surface area contributed by atoms with Crippen LogP contribution in [0.4, 0.5) is 5.82 Å². The van der Waals surface area contributed by atoms with E-state index in [1.54, 1.807) is 7.05 Å². The summed E-state index contributed by atoms with van der Waals surface area (Å²) < 4.78 is 5.45. The lowest BCUT2D eigenvalue weighted by Gasteiger charge is -2.07. The molecule has 1 aromatic carbocycles. The van der Waals surface area contributed by atoms with E-state index in [4.69, 9.17) is 10.00 Å². The molecular formula is C14H14N4O. The maximum absolute atomic E-state index is 8.94. The normalized spacial score (nSPS) is 9.74. The average Bonchev–Trinajstić information content (AvgIpc) is 2.47. The minimum Gasteiger partial charge on any atom is -0.494 e. The van der Waals surface area contributed by atoms with Gasteiger partial charge in [0.2, 0.25) is 0 Å². The van der Waals surface area contributed by atoms with Crippen LogP contribution in [0.25, 0.3) is 11.4 Å². The van der Waals surface area contributed by atoms with Gasteiger partial charge in [0.15, 0.2) is 5.82 Å². The predicted molar refractivity (Wildman–Crippen MR) is 72.9 cm³/mol. The van der Waals surface area contributed by atoms with Crippen molar-refractivity contribution in [2.75, 3.05) is 19.0 Å². The fraction of sp³-hybridized carbons (Fsp3) is 0.214. The Morgan fingerprint density at radius 3 is 2.95 bits per heavy atom. The molecule has 2 aromatic rings. The third-order valence-electron chi connectivity index (χ3n) is 2.55. The van der Waals surface area contributed by atoms with Gasteiger partial charge >= 0.3 is 0 Å². The van der Waals surface area contributed by atoms with Gasteiger partial charge in [-0.3, -0.25) is 0 Å². The van der Waals surface area contributed by atoms with Crippen molar-refractivity contribution in [2.24, 2.45) is 0 Å². The monoisotopic (exact) mass is 254 g/mol. The first kappa shape index (κ1) is 12.8. The third-order valence-corrected chi connectivity index (χ3v) is 2.55. The number of ether oxygens (including phenoxy) is 1. The van der Waals surface area contributed by atoms with E-state index < -0.39 is 0 Å². The molecule has 0 saturated heterocycles.